The number of rotatable bonds is 6. The van der Waals surface area contributed by atoms with E-state index in [1.807, 2.05) is 0 Å². The van der Waals surface area contributed by atoms with Crippen LogP contribution in [0.15, 0.2) is 54.6 Å². The van der Waals surface area contributed by atoms with E-state index >= 15 is 0 Å². The number of aromatic hydroxyl groups is 1. The summed E-state index contributed by atoms with van der Waals surface area (Å²) in [4.78, 5) is 12.1. The average molecular weight is 349 g/mol. The molecule has 0 saturated carbocycles. The first kappa shape index (κ1) is 17.8. The van der Waals surface area contributed by atoms with E-state index in [1.165, 1.54) is 38.4 Å². The quantitative estimate of drug-likeness (QED) is 0.808. The third-order valence-electron chi connectivity index (χ3n) is 3.70. The van der Waals surface area contributed by atoms with Crippen LogP contribution in [-0.2, 0) is 19.6 Å². The van der Waals surface area contributed by atoms with Crippen LogP contribution in [0.25, 0.3) is 0 Å². The predicted octanol–water partition coefficient (Wildman–Crippen LogP) is 2.12. The van der Waals surface area contributed by atoms with Crippen LogP contribution in [0, 0.1) is 0 Å². The van der Waals surface area contributed by atoms with Gasteiger partial charge in [-0.3, -0.25) is 9.10 Å². The highest BCUT2D eigenvalue weighted by atomic mass is 32.2. The van der Waals surface area contributed by atoms with Crippen LogP contribution < -0.4 is 4.31 Å². The summed E-state index contributed by atoms with van der Waals surface area (Å²) in [5.74, 6) is -1.90. The molecular weight excluding hydrogens is 330 g/mol. The molecule has 128 valence electrons. The molecule has 0 amide bonds. The summed E-state index contributed by atoms with van der Waals surface area (Å²) in [5, 5.41) is 9.31. The summed E-state index contributed by atoms with van der Waals surface area (Å²) >= 11 is 0. The zero-order valence-corrected chi connectivity index (χ0v) is 14.2. The Morgan fingerprint density at radius 1 is 1.12 bits per heavy atom. The second-order valence-electron chi connectivity index (χ2n) is 5.25. The van der Waals surface area contributed by atoms with E-state index in [9.17, 15) is 18.3 Å². The highest BCUT2D eigenvalue weighted by molar-refractivity contribution is 7.92. The second-order valence-corrected chi connectivity index (χ2v) is 7.29. The van der Waals surface area contributed by atoms with E-state index in [0.717, 1.165) is 4.31 Å². The van der Waals surface area contributed by atoms with Gasteiger partial charge in [0.25, 0.3) is 0 Å². The number of esters is 1. The third kappa shape index (κ3) is 4.05. The first-order chi connectivity index (χ1) is 11.3. The lowest BCUT2D eigenvalue weighted by Gasteiger charge is -2.22. The third-order valence-corrected chi connectivity index (χ3v) is 5.50. The van der Waals surface area contributed by atoms with Gasteiger partial charge < -0.3 is 9.84 Å². The average Bonchev–Trinajstić information content (AvgIpc) is 2.60. The van der Waals surface area contributed by atoms with Gasteiger partial charge in [-0.25, -0.2) is 8.42 Å². The molecule has 0 fully saturated rings. The topological polar surface area (TPSA) is 83.9 Å². The number of nitrogens with zero attached hydrogens (tertiary/aromatic N) is 1. The smallest absolute Gasteiger partial charge is 0.314 e. The first-order valence-electron chi connectivity index (χ1n) is 7.23. The first-order valence-corrected chi connectivity index (χ1v) is 8.84. The summed E-state index contributed by atoms with van der Waals surface area (Å²) in [6.45, 7) is 0. The maximum absolute atomic E-state index is 12.7. The lowest BCUT2D eigenvalue weighted by atomic mass is 10.0. The molecular formula is C17H19NO5S. The minimum atomic E-state index is -3.78. The molecule has 1 N–H and O–H groups in total. The molecule has 24 heavy (non-hydrogen) atoms. The van der Waals surface area contributed by atoms with Crippen molar-refractivity contribution >= 4 is 21.7 Å². The van der Waals surface area contributed by atoms with E-state index < -0.39 is 27.7 Å². The van der Waals surface area contributed by atoms with Crippen LogP contribution in [0.1, 0.15) is 11.5 Å². The molecule has 2 aromatic carbocycles. The molecule has 7 heteroatoms. The van der Waals surface area contributed by atoms with Gasteiger partial charge in [0.05, 0.1) is 24.5 Å². The molecule has 0 aromatic heterocycles. The fourth-order valence-electron chi connectivity index (χ4n) is 2.27. The van der Waals surface area contributed by atoms with Crippen LogP contribution in [0.5, 0.6) is 5.75 Å². The van der Waals surface area contributed by atoms with E-state index in [1.54, 1.807) is 30.3 Å². The number of methoxy groups -OCH3 is 1. The lowest BCUT2D eigenvalue weighted by Crippen LogP contribution is -2.34. The van der Waals surface area contributed by atoms with Gasteiger partial charge in [0, 0.05) is 7.05 Å². The molecule has 0 aliphatic rings. The number of phenolic OH excluding ortho intramolecular Hbond substituents is 1. The van der Waals surface area contributed by atoms with Crippen molar-refractivity contribution in [3.05, 3.63) is 60.2 Å². The van der Waals surface area contributed by atoms with Gasteiger partial charge in [0.15, 0.2) is 0 Å². The predicted molar refractivity (Wildman–Crippen MR) is 91.5 cm³/mol. The number of carbonyl (C=O) groups is 1. The Morgan fingerprint density at radius 3 is 2.25 bits per heavy atom. The summed E-state index contributed by atoms with van der Waals surface area (Å²) in [5.41, 5.74) is 0.969. The van der Waals surface area contributed by atoms with Crippen LogP contribution >= 0.6 is 0 Å². The Bertz CT molecular complexity index is 787. The SMILES string of the molecule is COC(=O)C(CS(=O)(=O)N(C)c1ccc(O)cc1)c1ccccc1. The van der Waals surface area contributed by atoms with Crippen molar-refractivity contribution in [2.75, 3.05) is 24.2 Å². The largest absolute Gasteiger partial charge is 0.508 e. The number of phenols is 1. The number of carbonyl (C=O) groups excluding carboxylic acids is 1. The van der Waals surface area contributed by atoms with Crippen LogP contribution in [0.4, 0.5) is 5.69 Å². The van der Waals surface area contributed by atoms with Crippen molar-refractivity contribution in [1.82, 2.24) is 0 Å². The molecule has 0 bridgehead atoms. The Kier molecular flexibility index (Phi) is 5.46. The van der Waals surface area contributed by atoms with Gasteiger partial charge in [-0.2, -0.15) is 0 Å². The second kappa shape index (κ2) is 7.35. The number of hydrogen-bond donors (Lipinski definition) is 1. The van der Waals surface area contributed by atoms with Crippen LogP contribution in [0.3, 0.4) is 0 Å². The molecule has 6 nitrogen and oxygen atoms in total. The molecule has 1 unspecified atom stereocenters. The highest BCUT2D eigenvalue weighted by Crippen LogP contribution is 2.24. The van der Waals surface area contributed by atoms with Gasteiger partial charge in [-0.1, -0.05) is 30.3 Å². The lowest BCUT2D eigenvalue weighted by molar-refractivity contribution is -0.141. The normalized spacial score (nSPS) is 12.4. The summed E-state index contributed by atoms with van der Waals surface area (Å²) in [6.07, 6.45) is 0. The van der Waals surface area contributed by atoms with Crippen molar-refractivity contribution in [3.8, 4) is 5.75 Å². The molecule has 0 radical (unpaired) electrons. The number of benzene rings is 2. The van der Waals surface area contributed by atoms with Crippen molar-refractivity contribution in [1.29, 1.82) is 0 Å². The zero-order valence-electron chi connectivity index (χ0n) is 13.4. The Labute approximate surface area is 141 Å². The van der Waals surface area contributed by atoms with Crippen LogP contribution in [-0.4, -0.2) is 39.4 Å². The van der Waals surface area contributed by atoms with E-state index in [2.05, 4.69) is 0 Å². The number of anilines is 1. The van der Waals surface area contributed by atoms with Gasteiger partial charge in [0.1, 0.15) is 5.75 Å². The Balaban J connectivity index is 2.30. The Hall–Kier alpha value is -2.54. The molecule has 0 aliphatic carbocycles. The van der Waals surface area contributed by atoms with Gasteiger partial charge in [-0.05, 0) is 29.8 Å². The zero-order chi connectivity index (χ0) is 17.7. The number of ether oxygens (including phenoxy) is 1. The summed E-state index contributed by atoms with van der Waals surface area (Å²) in [7, 11) is -1.14. The molecule has 2 aromatic rings. The summed E-state index contributed by atoms with van der Waals surface area (Å²) in [6, 6.07) is 14.4. The van der Waals surface area contributed by atoms with E-state index in [4.69, 9.17) is 4.74 Å². The van der Waals surface area contributed by atoms with Gasteiger partial charge in [0.2, 0.25) is 10.0 Å². The molecule has 0 heterocycles. The monoisotopic (exact) mass is 349 g/mol. The highest BCUT2D eigenvalue weighted by Gasteiger charge is 2.30. The molecule has 0 saturated heterocycles. The van der Waals surface area contributed by atoms with Gasteiger partial charge in [-0.15, -0.1) is 0 Å². The minimum absolute atomic E-state index is 0.0428. The Morgan fingerprint density at radius 2 is 1.71 bits per heavy atom. The molecule has 0 spiro atoms. The maximum Gasteiger partial charge on any atom is 0.314 e. The number of sulfonamides is 1. The molecule has 2 rings (SSSR count). The molecule has 0 aliphatic heterocycles. The van der Waals surface area contributed by atoms with Crippen molar-refractivity contribution in [2.24, 2.45) is 0 Å². The van der Waals surface area contributed by atoms with E-state index in [-0.39, 0.29) is 5.75 Å². The van der Waals surface area contributed by atoms with Crippen molar-refractivity contribution in [3.63, 3.8) is 0 Å². The maximum atomic E-state index is 12.7. The minimum Gasteiger partial charge on any atom is -0.508 e. The van der Waals surface area contributed by atoms with Crippen LogP contribution in [0.2, 0.25) is 0 Å². The van der Waals surface area contributed by atoms with E-state index in [0.29, 0.717) is 11.3 Å². The molecule has 1 atom stereocenters. The van der Waals surface area contributed by atoms with Crippen molar-refractivity contribution < 1.29 is 23.1 Å². The van der Waals surface area contributed by atoms with Gasteiger partial charge >= 0.3 is 5.97 Å². The number of hydrogen-bond acceptors (Lipinski definition) is 5. The summed E-state index contributed by atoms with van der Waals surface area (Å²) < 4.78 is 31.2. The fourth-order valence-corrected chi connectivity index (χ4v) is 3.69. The fraction of sp³-hybridized carbons (Fsp3) is 0.235. The standard InChI is InChI=1S/C17H19NO5S/c1-18(14-8-10-15(19)11-9-14)24(21,22)12-16(17(20)23-2)13-6-4-3-5-7-13/h3-11,16,19H,12H2,1-2H3. The van der Waals surface area contributed by atoms with Crippen molar-refractivity contribution in [2.45, 2.75) is 5.92 Å².